The van der Waals surface area contributed by atoms with Crippen LogP contribution >= 0.6 is 0 Å². The average molecular weight is 487 g/mol. The summed E-state index contributed by atoms with van der Waals surface area (Å²) < 4.78 is 0. The van der Waals surface area contributed by atoms with Crippen LogP contribution in [0.5, 0.6) is 0 Å². The number of fused-ring (bicyclic) bond motifs is 1. The number of hydrogen-bond acceptors (Lipinski definition) is 8. The van der Waals surface area contributed by atoms with Crippen LogP contribution in [-0.4, -0.2) is 60.2 Å². The maximum Gasteiger partial charge on any atom is 0.231 e. The Morgan fingerprint density at radius 1 is 1.08 bits per heavy atom. The average Bonchev–Trinajstić information content (AvgIpc) is 2.87. The summed E-state index contributed by atoms with van der Waals surface area (Å²) in [6, 6.07) is 19.7. The van der Waals surface area contributed by atoms with Gasteiger partial charge in [0, 0.05) is 26.2 Å². The SMILES string of the molecule is CN(C)CCCNc1nc(N)c2c(n1)N(Cc1ccccc1)CC(C(=O)NCc1ccccc1)C2=N. The number of carbonyl (C=O) groups excluding carboxylic acids is 1. The minimum Gasteiger partial charge on any atom is -0.383 e. The molecule has 0 aliphatic carbocycles. The number of nitrogen functional groups attached to an aromatic ring is 1. The van der Waals surface area contributed by atoms with Crippen LogP contribution in [0.15, 0.2) is 60.7 Å². The van der Waals surface area contributed by atoms with Gasteiger partial charge in [-0.3, -0.25) is 4.79 Å². The number of amides is 1. The molecule has 1 aromatic heterocycles. The van der Waals surface area contributed by atoms with Gasteiger partial charge < -0.3 is 31.6 Å². The zero-order chi connectivity index (χ0) is 25.5. The predicted molar refractivity (Wildman–Crippen MR) is 144 cm³/mol. The van der Waals surface area contributed by atoms with Crippen LogP contribution in [-0.2, 0) is 17.9 Å². The molecule has 9 nitrogen and oxygen atoms in total. The molecule has 2 heterocycles. The van der Waals surface area contributed by atoms with Gasteiger partial charge in [0.1, 0.15) is 11.6 Å². The lowest BCUT2D eigenvalue weighted by Gasteiger charge is -2.35. The van der Waals surface area contributed by atoms with Crippen molar-refractivity contribution >= 4 is 29.2 Å². The van der Waals surface area contributed by atoms with Gasteiger partial charge in [-0.2, -0.15) is 9.97 Å². The number of anilines is 3. The first kappa shape index (κ1) is 25.1. The quantitative estimate of drug-likeness (QED) is 0.325. The molecule has 0 radical (unpaired) electrons. The molecule has 9 heteroatoms. The molecule has 36 heavy (non-hydrogen) atoms. The first-order valence-electron chi connectivity index (χ1n) is 12.2. The number of nitrogens with zero attached hydrogens (tertiary/aromatic N) is 4. The van der Waals surface area contributed by atoms with Crippen LogP contribution in [0.3, 0.4) is 0 Å². The predicted octanol–water partition coefficient (Wildman–Crippen LogP) is 2.74. The normalized spacial score (nSPS) is 15.0. The maximum atomic E-state index is 13.2. The molecule has 2 aromatic carbocycles. The number of aromatic nitrogens is 2. The van der Waals surface area contributed by atoms with Gasteiger partial charge in [-0.25, -0.2) is 0 Å². The van der Waals surface area contributed by atoms with Crippen LogP contribution in [0.25, 0.3) is 0 Å². The van der Waals surface area contributed by atoms with Gasteiger partial charge in [-0.1, -0.05) is 60.7 Å². The van der Waals surface area contributed by atoms with Crippen LogP contribution in [0.1, 0.15) is 23.1 Å². The van der Waals surface area contributed by atoms with E-state index in [0.717, 1.165) is 24.1 Å². The molecule has 188 valence electrons. The molecule has 0 spiro atoms. The minimum atomic E-state index is -0.685. The highest BCUT2D eigenvalue weighted by Crippen LogP contribution is 2.33. The Morgan fingerprint density at radius 3 is 2.42 bits per heavy atom. The summed E-state index contributed by atoms with van der Waals surface area (Å²) in [6.07, 6.45) is 0.931. The largest absolute Gasteiger partial charge is 0.383 e. The Hall–Kier alpha value is -3.98. The summed E-state index contributed by atoms with van der Waals surface area (Å²) in [4.78, 5) is 26.5. The van der Waals surface area contributed by atoms with Crippen molar-refractivity contribution in [2.24, 2.45) is 5.92 Å². The lowest BCUT2D eigenvalue weighted by atomic mass is 9.91. The molecule has 0 bridgehead atoms. The van der Waals surface area contributed by atoms with Gasteiger partial charge in [0.2, 0.25) is 11.9 Å². The van der Waals surface area contributed by atoms with E-state index in [9.17, 15) is 4.79 Å². The van der Waals surface area contributed by atoms with Gasteiger partial charge in [0.15, 0.2) is 0 Å². The molecule has 5 N–H and O–H groups in total. The third kappa shape index (κ3) is 6.17. The Bertz CT molecular complexity index is 1180. The Balaban J connectivity index is 1.58. The summed E-state index contributed by atoms with van der Waals surface area (Å²) in [5.74, 6) is 0.327. The fourth-order valence-corrected chi connectivity index (χ4v) is 4.27. The molecule has 1 aliphatic heterocycles. The van der Waals surface area contributed by atoms with Gasteiger partial charge in [-0.15, -0.1) is 0 Å². The first-order valence-corrected chi connectivity index (χ1v) is 12.2. The van der Waals surface area contributed by atoms with E-state index >= 15 is 0 Å². The summed E-state index contributed by atoms with van der Waals surface area (Å²) in [5.41, 5.74) is 9.03. The van der Waals surface area contributed by atoms with Crippen molar-refractivity contribution in [2.45, 2.75) is 19.5 Å². The maximum absolute atomic E-state index is 13.2. The number of benzene rings is 2. The van der Waals surface area contributed by atoms with Crippen molar-refractivity contribution in [1.29, 1.82) is 5.41 Å². The van der Waals surface area contributed by atoms with Crippen molar-refractivity contribution < 1.29 is 4.79 Å². The smallest absolute Gasteiger partial charge is 0.231 e. The second-order valence-electron chi connectivity index (χ2n) is 9.25. The molecule has 0 fully saturated rings. The van der Waals surface area contributed by atoms with E-state index in [1.54, 1.807) is 0 Å². The Morgan fingerprint density at radius 2 is 1.75 bits per heavy atom. The molecule has 1 aliphatic rings. The summed E-state index contributed by atoms with van der Waals surface area (Å²) in [5, 5.41) is 15.1. The van der Waals surface area contributed by atoms with E-state index in [-0.39, 0.29) is 17.4 Å². The monoisotopic (exact) mass is 486 g/mol. The lowest BCUT2D eigenvalue weighted by molar-refractivity contribution is -0.123. The molecule has 0 saturated heterocycles. The number of rotatable bonds is 10. The lowest BCUT2D eigenvalue weighted by Crippen LogP contribution is -2.47. The minimum absolute atomic E-state index is 0.150. The van der Waals surface area contributed by atoms with E-state index in [2.05, 4.69) is 20.5 Å². The summed E-state index contributed by atoms with van der Waals surface area (Å²) in [7, 11) is 4.07. The van der Waals surface area contributed by atoms with E-state index in [0.29, 0.717) is 43.5 Å². The van der Waals surface area contributed by atoms with Gasteiger partial charge in [-0.05, 0) is 38.2 Å². The topological polar surface area (TPSA) is 123 Å². The third-order valence-corrected chi connectivity index (χ3v) is 6.15. The van der Waals surface area contributed by atoms with Crippen molar-refractivity contribution in [3.05, 3.63) is 77.4 Å². The van der Waals surface area contributed by atoms with Crippen LogP contribution in [0, 0.1) is 11.3 Å². The number of carbonyl (C=O) groups is 1. The van der Waals surface area contributed by atoms with Crippen LogP contribution in [0.2, 0.25) is 0 Å². The zero-order valence-corrected chi connectivity index (χ0v) is 20.9. The highest BCUT2D eigenvalue weighted by molar-refractivity contribution is 6.17. The molecule has 1 unspecified atom stereocenters. The fourth-order valence-electron chi connectivity index (χ4n) is 4.27. The Kier molecular flexibility index (Phi) is 8.12. The standard InChI is InChI=1S/C27H34N8O/c1-34(2)15-9-14-30-27-32-24(29)22-23(28)21(26(36)31-16-19-10-5-3-6-11-19)18-35(25(22)33-27)17-20-12-7-4-8-13-20/h3-8,10-13,21,28H,9,14-18H2,1-2H3,(H,31,36)(H3,29,30,32,33). The highest BCUT2D eigenvalue weighted by Gasteiger charge is 2.37. The fraction of sp³-hybridized carbons (Fsp3) is 0.333. The number of nitrogens with two attached hydrogens (primary N) is 1. The zero-order valence-electron chi connectivity index (χ0n) is 20.9. The van der Waals surface area contributed by atoms with E-state index in [1.807, 2.05) is 79.7 Å². The van der Waals surface area contributed by atoms with E-state index < -0.39 is 5.92 Å². The van der Waals surface area contributed by atoms with Crippen LogP contribution < -0.4 is 21.3 Å². The third-order valence-electron chi connectivity index (χ3n) is 6.15. The molecule has 1 amide bonds. The summed E-state index contributed by atoms with van der Waals surface area (Å²) in [6.45, 7) is 2.92. The molecule has 1 atom stereocenters. The molecular formula is C27H34N8O. The highest BCUT2D eigenvalue weighted by atomic mass is 16.1. The van der Waals surface area contributed by atoms with Crippen molar-refractivity contribution in [1.82, 2.24) is 20.2 Å². The summed E-state index contributed by atoms with van der Waals surface area (Å²) >= 11 is 0. The van der Waals surface area contributed by atoms with Gasteiger partial charge in [0.05, 0.1) is 17.2 Å². The van der Waals surface area contributed by atoms with Crippen LogP contribution in [0.4, 0.5) is 17.6 Å². The van der Waals surface area contributed by atoms with Gasteiger partial charge >= 0.3 is 0 Å². The number of hydrogen-bond donors (Lipinski definition) is 4. The van der Waals surface area contributed by atoms with E-state index in [4.69, 9.17) is 16.1 Å². The van der Waals surface area contributed by atoms with E-state index in [1.165, 1.54) is 0 Å². The Labute approximate surface area is 212 Å². The number of nitrogens with one attached hydrogen (secondary N) is 3. The first-order chi connectivity index (χ1) is 17.4. The molecule has 4 rings (SSSR count). The molecular weight excluding hydrogens is 452 g/mol. The van der Waals surface area contributed by atoms with Crippen molar-refractivity contribution in [3.63, 3.8) is 0 Å². The second-order valence-corrected chi connectivity index (χ2v) is 9.25. The molecule has 0 saturated carbocycles. The van der Waals surface area contributed by atoms with Crippen molar-refractivity contribution in [2.75, 3.05) is 49.7 Å². The molecule has 3 aromatic rings. The van der Waals surface area contributed by atoms with Gasteiger partial charge in [0.25, 0.3) is 0 Å². The van der Waals surface area contributed by atoms with Crippen molar-refractivity contribution in [3.8, 4) is 0 Å². The second kappa shape index (κ2) is 11.6.